The van der Waals surface area contributed by atoms with Gasteiger partial charge in [-0.1, -0.05) is 54.6 Å². The summed E-state index contributed by atoms with van der Waals surface area (Å²) in [5, 5.41) is 0. The second kappa shape index (κ2) is 8.86. The van der Waals surface area contributed by atoms with Crippen LogP contribution in [0.3, 0.4) is 0 Å². The Hall–Kier alpha value is -3.21. The van der Waals surface area contributed by atoms with Gasteiger partial charge in [-0.05, 0) is 23.6 Å². The maximum atomic E-state index is 13.2. The normalized spacial score (nSPS) is 15.2. The van der Waals surface area contributed by atoms with Gasteiger partial charge in [-0.15, -0.1) is 0 Å². The fourth-order valence-electron chi connectivity index (χ4n) is 4.01. The topological polar surface area (TPSA) is 49.3 Å². The molecule has 1 aliphatic heterocycles. The summed E-state index contributed by atoms with van der Waals surface area (Å²) < 4.78 is 0. The Balaban J connectivity index is 1.47. The van der Waals surface area contributed by atoms with E-state index in [1.54, 1.807) is 18.6 Å². The Morgan fingerprint density at radius 2 is 1.69 bits per heavy atom. The van der Waals surface area contributed by atoms with Crippen molar-refractivity contribution in [2.75, 3.05) is 31.1 Å². The van der Waals surface area contributed by atoms with Crippen LogP contribution >= 0.6 is 0 Å². The number of hydrogen-bond donors (Lipinski definition) is 0. The van der Waals surface area contributed by atoms with Crippen molar-refractivity contribution in [2.45, 2.75) is 19.3 Å². The van der Waals surface area contributed by atoms with Gasteiger partial charge in [0, 0.05) is 50.9 Å². The van der Waals surface area contributed by atoms with Crippen LogP contribution in [0.25, 0.3) is 0 Å². The second-order valence-electron chi connectivity index (χ2n) is 7.46. The van der Waals surface area contributed by atoms with Crippen LogP contribution in [0.5, 0.6) is 0 Å². The fourth-order valence-corrected chi connectivity index (χ4v) is 4.01. The van der Waals surface area contributed by atoms with E-state index in [4.69, 9.17) is 0 Å². The largest absolute Gasteiger partial charge is 0.352 e. The summed E-state index contributed by atoms with van der Waals surface area (Å²) >= 11 is 0. The molecule has 1 aliphatic rings. The highest BCUT2D eigenvalue weighted by Crippen LogP contribution is 2.31. The van der Waals surface area contributed by atoms with E-state index in [9.17, 15) is 4.79 Å². The average molecular weight is 386 g/mol. The number of carbonyl (C=O) groups is 1. The van der Waals surface area contributed by atoms with E-state index < -0.39 is 0 Å². The molecular weight excluding hydrogens is 360 g/mol. The zero-order valence-electron chi connectivity index (χ0n) is 16.7. The van der Waals surface area contributed by atoms with Crippen molar-refractivity contribution in [2.24, 2.45) is 0 Å². The van der Waals surface area contributed by atoms with E-state index in [0.717, 1.165) is 18.9 Å². The predicted molar refractivity (Wildman–Crippen MR) is 115 cm³/mol. The highest BCUT2D eigenvalue weighted by molar-refractivity contribution is 5.78. The summed E-state index contributed by atoms with van der Waals surface area (Å²) in [6.07, 6.45) is 5.65. The minimum Gasteiger partial charge on any atom is -0.352 e. The first-order chi connectivity index (χ1) is 14.2. The van der Waals surface area contributed by atoms with Gasteiger partial charge in [0.2, 0.25) is 5.91 Å². The average Bonchev–Trinajstić information content (AvgIpc) is 2.79. The third kappa shape index (κ3) is 4.45. The maximum Gasteiger partial charge on any atom is 0.223 e. The Morgan fingerprint density at radius 3 is 2.38 bits per heavy atom. The first-order valence-electron chi connectivity index (χ1n) is 10.1. The lowest BCUT2D eigenvalue weighted by Crippen LogP contribution is -2.49. The second-order valence-corrected chi connectivity index (χ2v) is 7.46. The molecule has 0 spiro atoms. The molecule has 5 heteroatoms. The minimum atomic E-state index is 0.0721. The number of hydrogen-bond acceptors (Lipinski definition) is 4. The summed E-state index contributed by atoms with van der Waals surface area (Å²) in [6, 6.07) is 18.7. The van der Waals surface area contributed by atoms with E-state index in [-0.39, 0.29) is 11.8 Å². The van der Waals surface area contributed by atoms with Crippen molar-refractivity contribution >= 4 is 11.7 Å². The molecule has 0 bridgehead atoms. The van der Waals surface area contributed by atoms with Gasteiger partial charge in [0.1, 0.15) is 5.82 Å². The van der Waals surface area contributed by atoms with E-state index in [0.29, 0.717) is 19.5 Å². The van der Waals surface area contributed by atoms with Crippen molar-refractivity contribution in [1.29, 1.82) is 0 Å². The van der Waals surface area contributed by atoms with Crippen molar-refractivity contribution in [3.8, 4) is 0 Å². The molecule has 5 nitrogen and oxygen atoms in total. The number of amides is 1. The Labute approximate surface area is 172 Å². The summed E-state index contributed by atoms with van der Waals surface area (Å²) in [5.41, 5.74) is 3.64. The number of anilines is 1. The van der Waals surface area contributed by atoms with Crippen LogP contribution in [0.2, 0.25) is 0 Å². The van der Waals surface area contributed by atoms with Crippen LogP contribution in [0.15, 0.2) is 73.2 Å². The molecule has 148 valence electrons. The number of aromatic nitrogens is 2. The molecule has 1 amide bonds. The predicted octanol–water partition coefficient (Wildman–Crippen LogP) is 3.66. The van der Waals surface area contributed by atoms with Gasteiger partial charge in [0.25, 0.3) is 0 Å². The minimum absolute atomic E-state index is 0.0721. The van der Waals surface area contributed by atoms with Crippen molar-refractivity contribution < 1.29 is 4.79 Å². The van der Waals surface area contributed by atoms with Crippen LogP contribution in [0.1, 0.15) is 29.0 Å². The molecule has 1 atom stereocenters. The maximum absolute atomic E-state index is 13.2. The molecule has 2 heterocycles. The van der Waals surface area contributed by atoms with Gasteiger partial charge in [0.15, 0.2) is 0 Å². The quantitative estimate of drug-likeness (QED) is 0.672. The molecule has 29 heavy (non-hydrogen) atoms. The lowest BCUT2D eigenvalue weighted by Gasteiger charge is -2.36. The number of nitrogens with zero attached hydrogens (tertiary/aromatic N) is 4. The smallest absolute Gasteiger partial charge is 0.223 e. The molecule has 1 unspecified atom stereocenters. The Bertz CT molecular complexity index is 937. The fraction of sp³-hybridized carbons (Fsp3) is 0.292. The summed E-state index contributed by atoms with van der Waals surface area (Å²) in [6.45, 7) is 5.11. The molecule has 0 N–H and O–H groups in total. The van der Waals surface area contributed by atoms with Crippen LogP contribution in [-0.2, 0) is 4.79 Å². The number of benzene rings is 2. The first kappa shape index (κ1) is 19.1. The Morgan fingerprint density at radius 1 is 0.966 bits per heavy atom. The summed E-state index contributed by atoms with van der Waals surface area (Å²) in [7, 11) is 0. The van der Waals surface area contributed by atoms with E-state index in [2.05, 4.69) is 58.2 Å². The van der Waals surface area contributed by atoms with Gasteiger partial charge in [-0.2, -0.15) is 0 Å². The summed E-state index contributed by atoms with van der Waals surface area (Å²) in [4.78, 5) is 25.9. The van der Waals surface area contributed by atoms with Crippen LogP contribution in [0, 0.1) is 6.92 Å². The van der Waals surface area contributed by atoms with E-state index in [1.807, 2.05) is 23.1 Å². The number of carbonyl (C=O) groups excluding carboxylic acids is 1. The van der Waals surface area contributed by atoms with Crippen molar-refractivity contribution in [3.05, 3.63) is 89.9 Å². The van der Waals surface area contributed by atoms with Crippen LogP contribution < -0.4 is 4.90 Å². The molecule has 0 aliphatic carbocycles. The van der Waals surface area contributed by atoms with Gasteiger partial charge < -0.3 is 9.80 Å². The number of piperazine rings is 1. The van der Waals surface area contributed by atoms with Gasteiger partial charge in [-0.25, -0.2) is 4.98 Å². The summed E-state index contributed by atoms with van der Waals surface area (Å²) in [5.74, 6) is 1.16. The lowest BCUT2D eigenvalue weighted by atomic mass is 9.85. The molecule has 0 saturated carbocycles. The molecule has 2 aromatic carbocycles. The van der Waals surface area contributed by atoms with E-state index >= 15 is 0 Å². The van der Waals surface area contributed by atoms with Crippen LogP contribution in [0.4, 0.5) is 5.82 Å². The highest BCUT2D eigenvalue weighted by Gasteiger charge is 2.26. The van der Waals surface area contributed by atoms with Gasteiger partial charge >= 0.3 is 0 Å². The zero-order chi connectivity index (χ0) is 20.1. The molecule has 4 rings (SSSR count). The number of rotatable bonds is 5. The van der Waals surface area contributed by atoms with Crippen molar-refractivity contribution in [3.63, 3.8) is 0 Å². The zero-order valence-corrected chi connectivity index (χ0v) is 16.7. The lowest BCUT2D eigenvalue weighted by molar-refractivity contribution is -0.131. The van der Waals surface area contributed by atoms with Gasteiger partial charge in [-0.3, -0.25) is 9.78 Å². The molecule has 1 saturated heterocycles. The third-order valence-corrected chi connectivity index (χ3v) is 5.65. The number of aryl methyl sites for hydroxylation is 1. The van der Waals surface area contributed by atoms with Crippen LogP contribution in [-0.4, -0.2) is 47.0 Å². The third-order valence-electron chi connectivity index (χ3n) is 5.65. The molecule has 0 radical (unpaired) electrons. The molecule has 3 aromatic rings. The Kier molecular flexibility index (Phi) is 5.84. The first-order valence-corrected chi connectivity index (χ1v) is 10.1. The highest BCUT2D eigenvalue weighted by atomic mass is 16.2. The standard InChI is InChI=1S/C24H26N4O/c1-19-7-5-6-10-21(19)22(20-8-3-2-4-9-20)17-24(29)28-15-13-27(14-16-28)23-18-25-11-12-26-23/h2-12,18,22H,13-17H2,1H3. The molecule has 1 aromatic heterocycles. The monoisotopic (exact) mass is 386 g/mol. The molecular formula is C24H26N4O. The van der Waals surface area contributed by atoms with E-state index in [1.165, 1.54) is 16.7 Å². The molecule has 1 fully saturated rings. The van der Waals surface area contributed by atoms with Gasteiger partial charge in [0.05, 0.1) is 6.20 Å². The SMILES string of the molecule is Cc1ccccc1C(CC(=O)N1CCN(c2cnccn2)CC1)c1ccccc1. The van der Waals surface area contributed by atoms with Crippen molar-refractivity contribution in [1.82, 2.24) is 14.9 Å².